The van der Waals surface area contributed by atoms with E-state index < -0.39 is 0 Å². The van der Waals surface area contributed by atoms with Crippen LogP contribution in [0.1, 0.15) is 29.1 Å². The van der Waals surface area contributed by atoms with E-state index in [-0.39, 0.29) is 11.2 Å². The number of hydrogen-bond acceptors (Lipinski definition) is 4. The summed E-state index contributed by atoms with van der Waals surface area (Å²) in [6.45, 7) is 4.76. The van der Waals surface area contributed by atoms with Gasteiger partial charge in [0.2, 0.25) is 0 Å². The number of halogens is 1. The number of rotatable bonds is 5. The molecule has 2 aromatic rings. The molecule has 0 saturated carbocycles. The highest BCUT2D eigenvalue weighted by atomic mass is 32.1. The van der Waals surface area contributed by atoms with E-state index in [1.54, 1.807) is 30.5 Å². The van der Waals surface area contributed by atoms with Crippen molar-refractivity contribution in [3.63, 3.8) is 0 Å². The zero-order valence-corrected chi connectivity index (χ0v) is 17.0. The zero-order valence-electron chi connectivity index (χ0n) is 16.2. The van der Waals surface area contributed by atoms with Crippen LogP contribution in [0.15, 0.2) is 34.6 Å². The van der Waals surface area contributed by atoms with Gasteiger partial charge in [-0.15, -0.1) is 11.3 Å². The molecule has 3 rings (SSSR count). The van der Waals surface area contributed by atoms with Crippen LogP contribution < -0.4 is 5.32 Å². The predicted molar refractivity (Wildman–Crippen MR) is 108 cm³/mol. The number of aliphatic imine (C=N–C) groups is 1. The third-order valence-electron chi connectivity index (χ3n) is 5.11. The smallest absolute Gasteiger partial charge is 0.193 e. The Hall–Kier alpha value is -1.99. The van der Waals surface area contributed by atoms with Crippen molar-refractivity contribution >= 4 is 17.3 Å². The van der Waals surface area contributed by atoms with Crippen molar-refractivity contribution in [1.29, 1.82) is 0 Å². The predicted octanol–water partition coefficient (Wildman–Crippen LogP) is 3.35. The lowest BCUT2D eigenvalue weighted by Crippen LogP contribution is -2.48. The number of aromatic nitrogens is 1. The minimum Gasteiger partial charge on any atom is -0.381 e. The van der Waals surface area contributed by atoms with Crippen molar-refractivity contribution < 1.29 is 9.13 Å². The third kappa shape index (κ3) is 4.84. The summed E-state index contributed by atoms with van der Waals surface area (Å²) in [5.74, 6) is 0.613. The van der Waals surface area contributed by atoms with Crippen molar-refractivity contribution in [2.45, 2.75) is 31.7 Å². The summed E-state index contributed by atoms with van der Waals surface area (Å²) in [4.78, 5) is 11.0. The highest BCUT2D eigenvalue weighted by Crippen LogP contribution is 2.34. The van der Waals surface area contributed by atoms with Gasteiger partial charge in [-0.3, -0.25) is 4.99 Å². The van der Waals surface area contributed by atoms with E-state index in [0.29, 0.717) is 26.3 Å². The molecular formula is C20H27FN4OS. The lowest BCUT2D eigenvalue weighted by atomic mass is 9.74. The average Bonchev–Trinajstić information content (AvgIpc) is 3.07. The largest absolute Gasteiger partial charge is 0.381 e. The van der Waals surface area contributed by atoms with Gasteiger partial charge in [0.1, 0.15) is 5.82 Å². The van der Waals surface area contributed by atoms with Crippen molar-refractivity contribution in [3.8, 4) is 0 Å². The molecule has 1 aliphatic rings. The van der Waals surface area contributed by atoms with Crippen LogP contribution in [-0.2, 0) is 16.7 Å². The van der Waals surface area contributed by atoms with Crippen LogP contribution in [0.4, 0.5) is 4.39 Å². The summed E-state index contributed by atoms with van der Waals surface area (Å²) in [5.41, 5.74) is 1.90. The molecule has 0 atom stereocenters. The van der Waals surface area contributed by atoms with Crippen LogP contribution in [0, 0.1) is 12.7 Å². The van der Waals surface area contributed by atoms with E-state index in [2.05, 4.69) is 25.6 Å². The van der Waals surface area contributed by atoms with Gasteiger partial charge in [0.05, 0.1) is 17.2 Å². The fourth-order valence-corrected chi connectivity index (χ4v) is 4.18. The lowest BCUT2D eigenvalue weighted by molar-refractivity contribution is 0.0511. The maximum Gasteiger partial charge on any atom is 0.193 e. The molecule has 5 nitrogen and oxygen atoms in total. The molecule has 1 aromatic carbocycles. The van der Waals surface area contributed by atoms with E-state index in [9.17, 15) is 4.39 Å². The van der Waals surface area contributed by atoms with Crippen LogP contribution >= 0.6 is 11.3 Å². The summed E-state index contributed by atoms with van der Waals surface area (Å²) < 4.78 is 19.4. The van der Waals surface area contributed by atoms with Gasteiger partial charge in [0.25, 0.3) is 0 Å². The molecule has 1 N–H and O–H groups in total. The first-order valence-electron chi connectivity index (χ1n) is 9.19. The number of guanidine groups is 1. The van der Waals surface area contributed by atoms with E-state index in [1.165, 1.54) is 6.07 Å². The van der Waals surface area contributed by atoms with Crippen molar-refractivity contribution in [3.05, 3.63) is 51.7 Å². The average molecular weight is 391 g/mol. The molecule has 2 heterocycles. The number of ether oxygens (including phenoxy) is 1. The topological polar surface area (TPSA) is 49.8 Å². The van der Waals surface area contributed by atoms with Gasteiger partial charge < -0.3 is 15.0 Å². The molecule has 0 radical (unpaired) electrons. The van der Waals surface area contributed by atoms with Gasteiger partial charge in [0, 0.05) is 44.6 Å². The summed E-state index contributed by atoms with van der Waals surface area (Å²) in [7, 11) is 3.78. The molecule has 1 fully saturated rings. The Bertz CT molecular complexity index is 786. The monoisotopic (exact) mass is 390 g/mol. The standard InChI is InChI=1S/C20H27FN4OS/c1-15-24-18(13-27-15)12-25(3)19(22-2)23-14-20(7-9-26-10-8-20)16-5-4-6-17(21)11-16/h4-6,11,13H,7-10,12,14H2,1-3H3,(H,22,23). The van der Waals surface area contributed by atoms with Crippen molar-refractivity contribution in [2.24, 2.45) is 4.99 Å². The van der Waals surface area contributed by atoms with Gasteiger partial charge in [-0.2, -0.15) is 0 Å². The summed E-state index contributed by atoms with van der Waals surface area (Å²) in [6.07, 6.45) is 1.71. The van der Waals surface area contributed by atoms with Crippen molar-refractivity contribution in [1.82, 2.24) is 15.2 Å². The quantitative estimate of drug-likeness (QED) is 0.628. The number of nitrogens with zero attached hydrogens (tertiary/aromatic N) is 3. The molecule has 7 heteroatoms. The van der Waals surface area contributed by atoms with Gasteiger partial charge in [-0.1, -0.05) is 12.1 Å². The van der Waals surface area contributed by atoms with E-state index in [0.717, 1.165) is 35.1 Å². The molecule has 1 aliphatic heterocycles. The third-order valence-corrected chi connectivity index (χ3v) is 5.93. The van der Waals surface area contributed by atoms with E-state index in [1.807, 2.05) is 20.0 Å². The molecule has 1 saturated heterocycles. The Balaban J connectivity index is 1.71. The molecule has 0 unspecified atom stereocenters. The van der Waals surface area contributed by atoms with E-state index in [4.69, 9.17) is 4.74 Å². The van der Waals surface area contributed by atoms with Crippen LogP contribution in [-0.4, -0.2) is 49.7 Å². The van der Waals surface area contributed by atoms with Gasteiger partial charge in [0.15, 0.2) is 5.96 Å². The normalized spacial score (nSPS) is 17.0. The molecule has 27 heavy (non-hydrogen) atoms. The van der Waals surface area contributed by atoms with Gasteiger partial charge in [-0.05, 0) is 37.5 Å². The van der Waals surface area contributed by atoms with Crippen LogP contribution in [0.3, 0.4) is 0 Å². The number of benzene rings is 1. The summed E-state index contributed by atoms with van der Waals surface area (Å²) >= 11 is 1.65. The molecule has 146 valence electrons. The fourth-order valence-electron chi connectivity index (χ4n) is 3.58. The SMILES string of the molecule is CN=C(NCC1(c2cccc(F)c2)CCOCC1)N(C)Cc1csc(C)n1. The lowest BCUT2D eigenvalue weighted by Gasteiger charge is -2.39. The van der Waals surface area contributed by atoms with Crippen LogP contribution in [0.2, 0.25) is 0 Å². The Labute approximate surface area is 164 Å². The maximum absolute atomic E-state index is 13.8. The number of hydrogen-bond donors (Lipinski definition) is 1. The number of thiazole rings is 1. The second-order valence-electron chi connectivity index (χ2n) is 7.02. The second-order valence-corrected chi connectivity index (χ2v) is 8.08. The van der Waals surface area contributed by atoms with Gasteiger partial charge in [-0.25, -0.2) is 9.37 Å². The highest BCUT2D eigenvalue weighted by Gasteiger charge is 2.35. The van der Waals surface area contributed by atoms with Crippen LogP contribution in [0.5, 0.6) is 0 Å². The first-order valence-corrected chi connectivity index (χ1v) is 10.1. The first kappa shape index (κ1) is 19.8. The minimum atomic E-state index is -0.196. The molecule has 0 amide bonds. The minimum absolute atomic E-state index is 0.158. The fraction of sp³-hybridized carbons (Fsp3) is 0.500. The number of aryl methyl sites for hydroxylation is 1. The Morgan fingerprint density at radius 2 is 2.19 bits per heavy atom. The summed E-state index contributed by atoms with van der Waals surface area (Å²) in [6, 6.07) is 6.94. The first-order chi connectivity index (χ1) is 13.0. The van der Waals surface area contributed by atoms with Gasteiger partial charge >= 0.3 is 0 Å². The second kappa shape index (κ2) is 8.80. The Kier molecular flexibility index (Phi) is 6.44. The Morgan fingerprint density at radius 3 is 2.81 bits per heavy atom. The Morgan fingerprint density at radius 1 is 1.41 bits per heavy atom. The zero-order chi connectivity index (χ0) is 19.3. The van der Waals surface area contributed by atoms with E-state index >= 15 is 0 Å². The highest BCUT2D eigenvalue weighted by molar-refractivity contribution is 7.09. The molecule has 1 aromatic heterocycles. The maximum atomic E-state index is 13.8. The molecular weight excluding hydrogens is 363 g/mol. The van der Waals surface area contributed by atoms with Crippen molar-refractivity contribution in [2.75, 3.05) is 33.9 Å². The molecule has 0 bridgehead atoms. The molecule has 0 aliphatic carbocycles. The van der Waals surface area contributed by atoms with Crippen LogP contribution in [0.25, 0.3) is 0 Å². The summed E-state index contributed by atoms with van der Waals surface area (Å²) in [5, 5.41) is 6.64. The number of nitrogens with one attached hydrogen (secondary N) is 1. The molecule has 0 spiro atoms.